The van der Waals surface area contributed by atoms with E-state index in [-0.39, 0.29) is 23.2 Å². The highest BCUT2D eigenvalue weighted by Crippen LogP contribution is 2.37. The smallest absolute Gasteiger partial charge is 0.160 e. The summed E-state index contributed by atoms with van der Waals surface area (Å²) in [5, 5.41) is 29.7. The minimum atomic E-state index is -0.0730. The van der Waals surface area contributed by atoms with Gasteiger partial charge in [-0.05, 0) is 49.8 Å². The lowest BCUT2D eigenvalue weighted by atomic mass is 9.91. The van der Waals surface area contributed by atoms with Crippen molar-refractivity contribution in [3.8, 4) is 23.0 Å². The van der Waals surface area contributed by atoms with Gasteiger partial charge in [-0.25, -0.2) is 0 Å². The zero-order valence-electron chi connectivity index (χ0n) is 15.0. The van der Waals surface area contributed by atoms with Crippen LogP contribution in [0.5, 0.6) is 23.0 Å². The molecule has 2 aromatic carbocycles. The third kappa shape index (κ3) is 4.81. The van der Waals surface area contributed by atoms with Crippen LogP contribution in [0.3, 0.4) is 0 Å². The minimum Gasteiger partial charge on any atom is -0.508 e. The number of phenolic OH excluding ortho intramolecular Hbond substituents is 3. The number of para-hydroxylation sites is 1. The van der Waals surface area contributed by atoms with Crippen LogP contribution in [-0.2, 0) is 6.42 Å². The van der Waals surface area contributed by atoms with Gasteiger partial charge in [0.1, 0.15) is 11.5 Å². The molecule has 136 valence electrons. The molecule has 0 radical (unpaired) electrons. The first kappa shape index (κ1) is 19.0. The van der Waals surface area contributed by atoms with Gasteiger partial charge in [-0.15, -0.1) is 0 Å². The van der Waals surface area contributed by atoms with Crippen molar-refractivity contribution in [2.45, 2.75) is 51.9 Å². The van der Waals surface area contributed by atoms with Crippen LogP contribution in [0.1, 0.15) is 56.6 Å². The van der Waals surface area contributed by atoms with E-state index in [4.69, 9.17) is 4.74 Å². The van der Waals surface area contributed by atoms with E-state index in [1.807, 2.05) is 12.1 Å². The van der Waals surface area contributed by atoms with Crippen molar-refractivity contribution in [2.75, 3.05) is 6.61 Å². The van der Waals surface area contributed by atoms with Crippen molar-refractivity contribution in [1.82, 2.24) is 0 Å². The van der Waals surface area contributed by atoms with Gasteiger partial charge in [0, 0.05) is 11.1 Å². The zero-order chi connectivity index (χ0) is 18.2. The summed E-state index contributed by atoms with van der Waals surface area (Å²) in [5.74, 6) is 1.12. The molecule has 3 N–H and O–H groups in total. The van der Waals surface area contributed by atoms with E-state index in [1.54, 1.807) is 18.2 Å². The van der Waals surface area contributed by atoms with E-state index >= 15 is 0 Å². The van der Waals surface area contributed by atoms with Crippen LogP contribution in [0, 0.1) is 0 Å². The number of hydrogen-bond acceptors (Lipinski definition) is 4. The summed E-state index contributed by atoms with van der Waals surface area (Å²) < 4.78 is 5.88. The first-order valence-electron chi connectivity index (χ1n) is 9.02. The third-order valence-electron chi connectivity index (χ3n) is 4.54. The topological polar surface area (TPSA) is 69.9 Å². The predicted octanol–water partition coefficient (Wildman–Crippen LogP) is 5.11. The Balaban J connectivity index is 1.94. The lowest BCUT2D eigenvalue weighted by Gasteiger charge is -2.18. The van der Waals surface area contributed by atoms with Crippen LogP contribution < -0.4 is 4.74 Å². The van der Waals surface area contributed by atoms with Gasteiger partial charge >= 0.3 is 0 Å². The monoisotopic (exact) mass is 344 g/mol. The number of phenols is 3. The van der Waals surface area contributed by atoms with Crippen molar-refractivity contribution in [2.24, 2.45) is 0 Å². The third-order valence-corrected chi connectivity index (χ3v) is 4.54. The highest BCUT2D eigenvalue weighted by atomic mass is 16.5. The van der Waals surface area contributed by atoms with Gasteiger partial charge in [-0.1, -0.05) is 38.5 Å². The standard InChI is InChI=1S/C21H28O4/c1-3-8-17-18(22)11-6-13-20(17)25-14-7-9-15(4-2)16-10-5-12-19(23)21(16)24/h5-6,10-13,15,22-24H,3-4,7-9,14H2,1-2H3. The molecule has 1 unspecified atom stereocenters. The van der Waals surface area contributed by atoms with Gasteiger partial charge in [-0.3, -0.25) is 0 Å². The number of hydrogen-bond donors (Lipinski definition) is 3. The highest BCUT2D eigenvalue weighted by Gasteiger charge is 2.16. The lowest BCUT2D eigenvalue weighted by molar-refractivity contribution is 0.294. The molecular formula is C21H28O4. The fourth-order valence-corrected chi connectivity index (χ4v) is 3.16. The normalized spacial score (nSPS) is 12.1. The SMILES string of the molecule is CCCc1c(O)cccc1OCCCC(CC)c1cccc(O)c1O. The maximum Gasteiger partial charge on any atom is 0.160 e. The Kier molecular flexibility index (Phi) is 6.99. The first-order valence-corrected chi connectivity index (χ1v) is 9.02. The van der Waals surface area contributed by atoms with Gasteiger partial charge in [0.15, 0.2) is 11.5 Å². The van der Waals surface area contributed by atoms with Crippen LogP contribution in [0.25, 0.3) is 0 Å². The van der Waals surface area contributed by atoms with E-state index in [1.165, 1.54) is 6.07 Å². The molecule has 0 fully saturated rings. The Labute approximate surface area is 149 Å². The summed E-state index contributed by atoms with van der Waals surface area (Å²) in [4.78, 5) is 0. The van der Waals surface area contributed by atoms with Crippen molar-refractivity contribution in [3.63, 3.8) is 0 Å². The summed E-state index contributed by atoms with van der Waals surface area (Å²) in [6.45, 7) is 4.70. The molecule has 0 amide bonds. The first-order chi connectivity index (χ1) is 12.1. The fourth-order valence-electron chi connectivity index (χ4n) is 3.16. The summed E-state index contributed by atoms with van der Waals surface area (Å²) in [5.41, 5.74) is 1.65. The van der Waals surface area contributed by atoms with Crippen molar-refractivity contribution in [1.29, 1.82) is 0 Å². The zero-order valence-corrected chi connectivity index (χ0v) is 15.0. The van der Waals surface area contributed by atoms with Gasteiger partial charge in [0.2, 0.25) is 0 Å². The van der Waals surface area contributed by atoms with Crippen LogP contribution in [-0.4, -0.2) is 21.9 Å². The van der Waals surface area contributed by atoms with Crippen molar-refractivity contribution in [3.05, 3.63) is 47.5 Å². The maximum atomic E-state index is 10.1. The summed E-state index contributed by atoms with van der Waals surface area (Å²) in [7, 11) is 0. The Hall–Kier alpha value is -2.36. The predicted molar refractivity (Wildman–Crippen MR) is 99.6 cm³/mol. The van der Waals surface area contributed by atoms with E-state index in [0.717, 1.165) is 49.0 Å². The quantitative estimate of drug-likeness (QED) is 0.437. The molecule has 25 heavy (non-hydrogen) atoms. The molecule has 0 spiro atoms. The molecule has 0 saturated heterocycles. The van der Waals surface area contributed by atoms with E-state index in [2.05, 4.69) is 13.8 Å². The molecule has 4 heteroatoms. The molecule has 4 nitrogen and oxygen atoms in total. The molecule has 0 aliphatic carbocycles. The maximum absolute atomic E-state index is 10.1. The van der Waals surface area contributed by atoms with Gasteiger partial charge in [0.25, 0.3) is 0 Å². The number of aromatic hydroxyl groups is 3. The summed E-state index contributed by atoms with van der Waals surface area (Å²) in [6.07, 6.45) is 4.30. The van der Waals surface area contributed by atoms with E-state index < -0.39 is 0 Å². The second-order valence-electron chi connectivity index (χ2n) is 6.31. The average Bonchev–Trinajstić information content (AvgIpc) is 2.61. The van der Waals surface area contributed by atoms with Crippen molar-refractivity contribution >= 4 is 0 Å². The summed E-state index contributed by atoms with van der Waals surface area (Å²) in [6, 6.07) is 10.5. The molecule has 0 aliphatic rings. The molecule has 0 saturated carbocycles. The lowest BCUT2D eigenvalue weighted by Crippen LogP contribution is -2.04. The summed E-state index contributed by atoms with van der Waals surface area (Å²) >= 11 is 0. The number of benzene rings is 2. The molecule has 0 bridgehead atoms. The Morgan fingerprint density at radius 3 is 2.40 bits per heavy atom. The van der Waals surface area contributed by atoms with E-state index in [0.29, 0.717) is 6.61 Å². The molecule has 2 rings (SSSR count). The molecule has 0 aliphatic heterocycles. The van der Waals surface area contributed by atoms with Crippen LogP contribution in [0.2, 0.25) is 0 Å². The largest absolute Gasteiger partial charge is 0.508 e. The fraction of sp³-hybridized carbons (Fsp3) is 0.429. The van der Waals surface area contributed by atoms with Gasteiger partial charge < -0.3 is 20.1 Å². The Bertz CT molecular complexity index is 682. The second kappa shape index (κ2) is 9.21. The number of rotatable bonds is 9. The molecular weight excluding hydrogens is 316 g/mol. The molecule has 1 atom stereocenters. The van der Waals surface area contributed by atoms with Crippen LogP contribution in [0.15, 0.2) is 36.4 Å². The van der Waals surface area contributed by atoms with Crippen LogP contribution >= 0.6 is 0 Å². The van der Waals surface area contributed by atoms with Crippen LogP contribution in [0.4, 0.5) is 0 Å². The Morgan fingerprint density at radius 1 is 0.960 bits per heavy atom. The molecule has 0 heterocycles. The van der Waals surface area contributed by atoms with Gasteiger partial charge in [0.05, 0.1) is 6.61 Å². The number of ether oxygens (including phenoxy) is 1. The minimum absolute atomic E-state index is 0.0199. The second-order valence-corrected chi connectivity index (χ2v) is 6.31. The molecule has 0 aromatic heterocycles. The van der Waals surface area contributed by atoms with E-state index in [9.17, 15) is 15.3 Å². The Morgan fingerprint density at radius 2 is 1.68 bits per heavy atom. The average molecular weight is 344 g/mol. The highest BCUT2D eigenvalue weighted by molar-refractivity contribution is 5.46. The van der Waals surface area contributed by atoms with Crippen molar-refractivity contribution < 1.29 is 20.1 Å². The van der Waals surface area contributed by atoms with Gasteiger partial charge in [-0.2, -0.15) is 0 Å². The molecule has 2 aromatic rings.